The third-order valence-corrected chi connectivity index (χ3v) is 4.64. The van der Waals surface area contributed by atoms with Crippen LogP contribution in [-0.2, 0) is 6.42 Å². The number of nitro benzene ring substituents is 1. The van der Waals surface area contributed by atoms with Crippen LogP contribution < -0.4 is 5.73 Å². The Labute approximate surface area is 109 Å². The second-order valence-electron chi connectivity index (χ2n) is 4.16. The Bertz CT molecular complexity index is 441. The van der Waals surface area contributed by atoms with Crippen molar-refractivity contribution >= 4 is 29.1 Å². The van der Waals surface area contributed by atoms with Crippen molar-refractivity contribution in [1.29, 1.82) is 0 Å². The van der Waals surface area contributed by atoms with Gasteiger partial charge in [-0.1, -0.05) is 17.7 Å². The molecule has 0 aliphatic carbocycles. The quantitative estimate of drug-likeness (QED) is 0.678. The predicted octanol–water partition coefficient (Wildman–Crippen LogP) is 2.48. The van der Waals surface area contributed by atoms with Crippen LogP contribution in [0.25, 0.3) is 0 Å². The van der Waals surface area contributed by atoms with Crippen molar-refractivity contribution in [3.05, 3.63) is 38.9 Å². The van der Waals surface area contributed by atoms with Gasteiger partial charge in [-0.15, -0.1) is 0 Å². The minimum atomic E-state index is -0.380. The van der Waals surface area contributed by atoms with Crippen molar-refractivity contribution in [2.75, 3.05) is 11.5 Å². The van der Waals surface area contributed by atoms with Gasteiger partial charge in [-0.05, 0) is 24.2 Å². The molecular weight excluding hydrogens is 260 g/mol. The molecule has 0 spiro atoms. The summed E-state index contributed by atoms with van der Waals surface area (Å²) in [5.41, 5.74) is 6.68. The maximum Gasteiger partial charge on any atom is 0.274 e. The van der Waals surface area contributed by atoms with Crippen LogP contribution in [-0.4, -0.2) is 22.5 Å². The second kappa shape index (κ2) is 5.25. The first-order valence-electron chi connectivity index (χ1n) is 5.34. The highest BCUT2D eigenvalue weighted by molar-refractivity contribution is 7.99. The van der Waals surface area contributed by atoms with Crippen LogP contribution in [0.2, 0.25) is 5.02 Å². The number of hydrogen-bond acceptors (Lipinski definition) is 4. The van der Waals surface area contributed by atoms with Gasteiger partial charge in [0.2, 0.25) is 0 Å². The molecule has 1 heterocycles. The van der Waals surface area contributed by atoms with E-state index in [9.17, 15) is 10.1 Å². The number of nitrogens with two attached hydrogens (primary N) is 1. The number of nitro groups is 1. The summed E-state index contributed by atoms with van der Waals surface area (Å²) in [5, 5.41) is 11.4. The smallest absolute Gasteiger partial charge is 0.274 e. The lowest BCUT2D eigenvalue weighted by molar-refractivity contribution is -0.385. The monoisotopic (exact) mass is 272 g/mol. The summed E-state index contributed by atoms with van der Waals surface area (Å²) < 4.78 is 0. The lowest BCUT2D eigenvalue weighted by Crippen LogP contribution is -2.30. The fourth-order valence-corrected chi connectivity index (χ4v) is 3.60. The van der Waals surface area contributed by atoms with Crippen molar-refractivity contribution in [1.82, 2.24) is 0 Å². The highest BCUT2D eigenvalue weighted by atomic mass is 35.5. The van der Waals surface area contributed by atoms with Gasteiger partial charge in [-0.2, -0.15) is 11.8 Å². The van der Waals surface area contributed by atoms with Gasteiger partial charge in [0.1, 0.15) is 0 Å². The summed E-state index contributed by atoms with van der Waals surface area (Å²) in [6, 6.07) is 4.90. The molecule has 1 aromatic carbocycles. The lowest BCUT2D eigenvalue weighted by atomic mass is 9.94. The fourth-order valence-electron chi connectivity index (χ4n) is 2.01. The van der Waals surface area contributed by atoms with E-state index in [1.54, 1.807) is 23.9 Å². The van der Waals surface area contributed by atoms with Crippen LogP contribution in [0.5, 0.6) is 0 Å². The van der Waals surface area contributed by atoms with E-state index in [0.29, 0.717) is 17.0 Å². The molecule has 1 saturated heterocycles. The summed E-state index contributed by atoms with van der Waals surface area (Å²) in [4.78, 5) is 10.6. The highest BCUT2D eigenvalue weighted by Crippen LogP contribution is 2.33. The molecule has 0 saturated carbocycles. The Balaban J connectivity index is 2.27. The Morgan fingerprint density at radius 3 is 2.88 bits per heavy atom. The lowest BCUT2D eigenvalue weighted by Gasteiger charge is -2.15. The molecule has 92 valence electrons. The molecule has 1 aliphatic rings. The number of benzene rings is 1. The molecule has 0 aromatic heterocycles. The number of thioether (sulfide) groups is 1. The zero-order valence-electron chi connectivity index (χ0n) is 9.14. The summed E-state index contributed by atoms with van der Waals surface area (Å²) >= 11 is 7.84. The van der Waals surface area contributed by atoms with Crippen molar-refractivity contribution in [3.8, 4) is 0 Å². The molecule has 1 aliphatic heterocycles. The van der Waals surface area contributed by atoms with Gasteiger partial charge < -0.3 is 5.73 Å². The topological polar surface area (TPSA) is 69.2 Å². The Kier molecular flexibility index (Phi) is 3.91. The van der Waals surface area contributed by atoms with E-state index >= 15 is 0 Å². The largest absolute Gasteiger partial charge is 0.327 e. The molecule has 17 heavy (non-hydrogen) atoms. The van der Waals surface area contributed by atoms with Gasteiger partial charge in [0.15, 0.2) is 0 Å². The minimum Gasteiger partial charge on any atom is -0.327 e. The first-order chi connectivity index (χ1) is 8.09. The van der Waals surface area contributed by atoms with E-state index in [1.807, 2.05) is 0 Å². The van der Waals surface area contributed by atoms with E-state index in [4.69, 9.17) is 17.3 Å². The number of hydrogen-bond donors (Lipinski definition) is 1. The van der Waals surface area contributed by atoms with E-state index in [0.717, 1.165) is 11.5 Å². The normalized spacial score (nSPS) is 23.9. The molecule has 0 bridgehead atoms. The second-order valence-corrected chi connectivity index (χ2v) is 5.64. The third kappa shape index (κ3) is 2.73. The molecule has 2 atom stereocenters. The van der Waals surface area contributed by atoms with Gasteiger partial charge in [-0.25, -0.2) is 0 Å². The summed E-state index contributed by atoms with van der Waals surface area (Å²) in [7, 11) is 0. The van der Waals surface area contributed by atoms with Crippen LogP contribution in [0.15, 0.2) is 18.2 Å². The molecule has 0 radical (unpaired) electrons. The average Bonchev–Trinajstić information content (AvgIpc) is 2.67. The SMILES string of the molecule is NC1CSCC1Cc1c(Cl)cccc1[N+](=O)[O-]. The van der Waals surface area contributed by atoms with Crippen molar-refractivity contribution < 1.29 is 4.92 Å². The van der Waals surface area contributed by atoms with Crippen LogP contribution >= 0.6 is 23.4 Å². The molecule has 2 rings (SSSR count). The zero-order valence-corrected chi connectivity index (χ0v) is 10.7. The number of halogens is 1. The maximum absolute atomic E-state index is 10.9. The maximum atomic E-state index is 10.9. The molecule has 2 unspecified atom stereocenters. The molecule has 1 fully saturated rings. The van der Waals surface area contributed by atoms with E-state index in [2.05, 4.69) is 0 Å². The van der Waals surface area contributed by atoms with Crippen LogP contribution in [0.3, 0.4) is 0 Å². The first kappa shape index (κ1) is 12.7. The third-order valence-electron chi connectivity index (χ3n) is 3.00. The van der Waals surface area contributed by atoms with Crippen molar-refractivity contribution in [2.45, 2.75) is 12.5 Å². The van der Waals surface area contributed by atoms with E-state index in [-0.39, 0.29) is 22.6 Å². The Morgan fingerprint density at radius 1 is 1.53 bits per heavy atom. The average molecular weight is 273 g/mol. The predicted molar refractivity (Wildman–Crippen MR) is 70.6 cm³/mol. The van der Waals surface area contributed by atoms with Gasteiger partial charge >= 0.3 is 0 Å². The van der Waals surface area contributed by atoms with Gasteiger partial charge in [-0.3, -0.25) is 10.1 Å². The van der Waals surface area contributed by atoms with Gasteiger partial charge in [0.05, 0.1) is 9.95 Å². The molecular formula is C11H13ClN2O2S. The molecule has 2 N–H and O–H groups in total. The summed E-state index contributed by atoms with van der Waals surface area (Å²) in [6.07, 6.45) is 0.587. The Hall–Kier alpha value is -0.780. The summed E-state index contributed by atoms with van der Waals surface area (Å²) in [5.74, 6) is 2.14. The molecule has 0 amide bonds. The molecule has 1 aromatic rings. The minimum absolute atomic E-state index is 0.0987. The van der Waals surface area contributed by atoms with E-state index < -0.39 is 0 Å². The summed E-state index contributed by atoms with van der Waals surface area (Å²) in [6.45, 7) is 0. The van der Waals surface area contributed by atoms with Crippen LogP contribution in [0, 0.1) is 16.0 Å². The first-order valence-corrected chi connectivity index (χ1v) is 6.88. The standard InChI is InChI=1S/C11H13ClN2O2S/c12-9-2-1-3-11(14(15)16)8(9)4-7-5-17-6-10(7)13/h1-3,7,10H,4-6,13H2. The van der Waals surface area contributed by atoms with Crippen molar-refractivity contribution in [3.63, 3.8) is 0 Å². The molecule has 4 nitrogen and oxygen atoms in total. The van der Waals surface area contributed by atoms with Crippen LogP contribution in [0.1, 0.15) is 5.56 Å². The van der Waals surface area contributed by atoms with Crippen LogP contribution in [0.4, 0.5) is 5.69 Å². The van der Waals surface area contributed by atoms with Crippen molar-refractivity contribution in [2.24, 2.45) is 11.7 Å². The van der Waals surface area contributed by atoms with Gasteiger partial charge in [0.25, 0.3) is 5.69 Å². The fraction of sp³-hybridized carbons (Fsp3) is 0.455. The number of rotatable bonds is 3. The van der Waals surface area contributed by atoms with Gasteiger partial charge in [0, 0.05) is 23.4 Å². The molecule has 6 heteroatoms. The Morgan fingerprint density at radius 2 is 2.29 bits per heavy atom. The highest BCUT2D eigenvalue weighted by Gasteiger charge is 2.28. The zero-order chi connectivity index (χ0) is 12.4. The number of nitrogens with zero attached hydrogens (tertiary/aromatic N) is 1. The van der Waals surface area contributed by atoms with E-state index in [1.165, 1.54) is 6.07 Å².